The van der Waals surface area contributed by atoms with Gasteiger partial charge in [-0.25, -0.2) is 0 Å². The van der Waals surface area contributed by atoms with E-state index in [1.165, 1.54) is 50.7 Å². The average Bonchev–Trinajstić information content (AvgIpc) is 2.71. The van der Waals surface area contributed by atoms with Crippen LogP contribution in [0.4, 0.5) is 5.69 Å². The Bertz CT molecular complexity index is 570. The highest BCUT2D eigenvalue weighted by molar-refractivity contribution is 5.42. The van der Waals surface area contributed by atoms with Crippen LogP contribution in [0.3, 0.4) is 0 Å². The van der Waals surface area contributed by atoms with E-state index < -0.39 is 10.3 Å². The lowest BCUT2D eigenvalue weighted by Crippen LogP contribution is -2.48. The Morgan fingerprint density at radius 2 is 1.62 bits per heavy atom. The fourth-order valence-electron chi connectivity index (χ4n) is 4.31. The molecule has 1 aromatic carbocycles. The summed E-state index contributed by atoms with van der Waals surface area (Å²) in [7, 11) is 0. The van der Waals surface area contributed by atoms with Crippen molar-refractivity contribution in [2.45, 2.75) is 56.8 Å². The van der Waals surface area contributed by atoms with Crippen molar-refractivity contribution in [3.05, 3.63) is 39.9 Å². The van der Waals surface area contributed by atoms with Crippen LogP contribution in [0, 0.1) is 26.9 Å². The standard InChI is InChI=1S/C17H20N2O2/c18-13-17(14-5-7-15(8-6-14)19(20)21)11-16(12-17)9-3-1-2-4-10-16/h5-8H,1-4,9-12H2. The van der Waals surface area contributed by atoms with Gasteiger partial charge in [-0.1, -0.05) is 37.8 Å². The molecule has 0 unspecified atom stereocenters. The van der Waals surface area contributed by atoms with Gasteiger partial charge in [0.15, 0.2) is 0 Å². The van der Waals surface area contributed by atoms with Crippen LogP contribution < -0.4 is 0 Å². The van der Waals surface area contributed by atoms with Gasteiger partial charge in [0.05, 0.1) is 16.4 Å². The van der Waals surface area contributed by atoms with Gasteiger partial charge < -0.3 is 0 Å². The molecule has 0 amide bonds. The molecule has 110 valence electrons. The molecule has 0 bridgehead atoms. The van der Waals surface area contributed by atoms with Gasteiger partial charge >= 0.3 is 0 Å². The molecule has 4 nitrogen and oxygen atoms in total. The Hall–Kier alpha value is -1.89. The van der Waals surface area contributed by atoms with Gasteiger partial charge in [0.1, 0.15) is 0 Å². The van der Waals surface area contributed by atoms with E-state index in [2.05, 4.69) is 6.07 Å². The predicted octanol–water partition coefficient (Wildman–Crippen LogP) is 4.49. The van der Waals surface area contributed by atoms with Crippen molar-refractivity contribution in [2.75, 3.05) is 0 Å². The summed E-state index contributed by atoms with van der Waals surface area (Å²) in [5.74, 6) is 0. The second-order valence-electron chi connectivity index (χ2n) is 6.77. The molecule has 4 heteroatoms. The minimum Gasteiger partial charge on any atom is -0.258 e. The molecule has 0 atom stereocenters. The van der Waals surface area contributed by atoms with Crippen molar-refractivity contribution in [1.29, 1.82) is 5.26 Å². The zero-order chi connectivity index (χ0) is 14.9. The van der Waals surface area contributed by atoms with Crippen LogP contribution in [-0.2, 0) is 5.41 Å². The Labute approximate surface area is 124 Å². The number of nitro groups is 1. The van der Waals surface area contributed by atoms with Gasteiger partial charge in [0.25, 0.3) is 5.69 Å². The summed E-state index contributed by atoms with van der Waals surface area (Å²) in [6.45, 7) is 0. The fourth-order valence-corrected chi connectivity index (χ4v) is 4.31. The first-order valence-electron chi connectivity index (χ1n) is 7.76. The van der Waals surface area contributed by atoms with Crippen molar-refractivity contribution >= 4 is 5.69 Å². The molecule has 1 aromatic rings. The summed E-state index contributed by atoms with van der Waals surface area (Å²) in [5, 5.41) is 20.4. The van der Waals surface area contributed by atoms with Crippen LogP contribution in [-0.4, -0.2) is 4.92 Å². The molecule has 21 heavy (non-hydrogen) atoms. The Kier molecular flexibility index (Phi) is 3.44. The minimum absolute atomic E-state index is 0.0929. The van der Waals surface area contributed by atoms with Gasteiger partial charge in [0.2, 0.25) is 0 Å². The molecular weight excluding hydrogens is 264 g/mol. The molecule has 0 aliphatic heterocycles. The highest BCUT2D eigenvalue weighted by Gasteiger charge is 2.55. The van der Waals surface area contributed by atoms with Crippen molar-refractivity contribution < 1.29 is 4.92 Å². The molecule has 2 fully saturated rings. The predicted molar refractivity (Wildman–Crippen MR) is 79.8 cm³/mol. The van der Waals surface area contributed by atoms with E-state index in [-0.39, 0.29) is 5.69 Å². The molecule has 0 saturated heterocycles. The van der Waals surface area contributed by atoms with E-state index in [9.17, 15) is 15.4 Å². The van der Waals surface area contributed by atoms with E-state index in [1.807, 2.05) is 0 Å². The van der Waals surface area contributed by atoms with Crippen molar-refractivity contribution in [2.24, 2.45) is 5.41 Å². The lowest BCUT2D eigenvalue weighted by molar-refractivity contribution is -0.384. The minimum atomic E-state index is -0.417. The third kappa shape index (κ3) is 2.42. The van der Waals surface area contributed by atoms with Crippen LogP contribution in [0.15, 0.2) is 24.3 Å². The Morgan fingerprint density at radius 3 is 2.10 bits per heavy atom. The molecule has 2 aliphatic rings. The summed E-state index contributed by atoms with van der Waals surface area (Å²) in [5.41, 5.74) is 0.980. The van der Waals surface area contributed by atoms with Crippen molar-refractivity contribution in [1.82, 2.24) is 0 Å². The normalized spacial score (nSPS) is 22.8. The summed E-state index contributed by atoms with van der Waals surface area (Å²) < 4.78 is 0. The monoisotopic (exact) mass is 284 g/mol. The van der Waals surface area contributed by atoms with Gasteiger partial charge in [-0.05, 0) is 36.7 Å². The number of non-ortho nitro benzene ring substituents is 1. The molecule has 0 N–H and O–H groups in total. The number of nitriles is 1. The first kappa shape index (κ1) is 14.1. The molecule has 0 heterocycles. The van der Waals surface area contributed by atoms with E-state index in [4.69, 9.17) is 0 Å². The third-order valence-electron chi connectivity index (χ3n) is 5.36. The first-order valence-corrected chi connectivity index (χ1v) is 7.76. The van der Waals surface area contributed by atoms with Crippen LogP contribution in [0.2, 0.25) is 0 Å². The highest BCUT2D eigenvalue weighted by Crippen LogP contribution is 2.61. The molecule has 0 radical (unpaired) electrons. The summed E-state index contributed by atoms with van der Waals surface area (Å²) >= 11 is 0. The van der Waals surface area contributed by atoms with Gasteiger partial charge in [0, 0.05) is 12.1 Å². The van der Waals surface area contributed by atoms with Gasteiger partial charge in [-0.2, -0.15) is 5.26 Å². The van der Waals surface area contributed by atoms with Gasteiger partial charge in [-0.3, -0.25) is 10.1 Å². The summed E-state index contributed by atoms with van der Waals surface area (Å²) in [6.07, 6.45) is 9.52. The number of nitrogens with zero attached hydrogens (tertiary/aromatic N) is 2. The van der Waals surface area contributed by atoms with Crippen molar-refractivity contribution in [3.63, 3.8) is 0 Å². The van der Waals surface area contributed by atoms with Gasteiger partial charge in [-0.15, -0.1) is 0 Å². The Balaban J connectivity index is 1.80. The van der Waals surface area contributed by atoms with E-state index in [0.717, 1.165) is 18.4 Å². The summed E-state index contributed by atoms with van der Waals surface area (Å²) in [4.78, 5) is 10.3. The molecule has 2 aliphatic carbocycles. The van der Waals surface area contributed by atoms with Crippen LogP contribution in [0.25, 0.3) is 0 Å². The lowest BCUT2D eigenvalue weighted by Gasteiger charge is -2.53. The zero-order valence-electron chi connectivity index (χ0n) is 12.2. The maximum Gasteiger partial charge on any atom is 0.269 e. The molecule has 1 spiro atoms. The van der Waals surface area contributed by atoms with Crippen LogP contribution >= 0.6 is 0 Å². The second kappa shape index (κ2) is 5.14. The van der Waals surface area contributed by atoms with Crippen molar-refractivity contribution in [3.8, 4) is 6.07 Å². The largest absolute Gasteiger partial charge is 0.269 e. The van der Waals surface area contributed by atoms with E-state index >= 15 is 0 Å². The first-order chi connectivity index (χ1) is 10.1. The third-order valence-corrected chi connectivity index (χ3v) is 5.36. The maximum atomic E-state index is 10.7. The molecule has 2 saturated carbocycles. The topological polar surface area (TPSA) is 66.9 Å². The number of benzene rings is 1. The Morgan fingerprint density at radius 1 is 1.05 bits per heavy atom. The number of rotatable bonds is 2. The molecule has 0 aromatic heterocycles. The fraction of sp³-hybridized carbons (Fsp3) is 0.588. The molecular formula is C17H20N2O2. The second-order valence-corrected chi connectivity index (χ2v) is 6.77. The zero-order valence-corrected chi connectivity index (χ0v) is 12.2. The number of hydrogen-bond acceptors (Lipinski definition) is 3. The number of hydrogen-bond donors (Lipinski definition) is 0. The summed E-state index contributed by atoms with van der Waals surface area (Å²) in [6, 6.07) is 9.08. The van der Waals surface area contributed by atoms with Crippen LogP contribution in [0.5, 0.6) is 0 Å². The SMILES string of the molecule is N#CC1(c2ccc([N+](=O)[O-])cc2)CC2(CCCCCC2)C1. The average molecular weight is 284 g/mol. The maximum absolute atomic E-state index is 10.7. The smallest absolute Gasteiger partial charge is 0.258 e. The number of nitro benzene ring substituents is 1. The lowest BCUT2D eigenvalue weighted by atomic mass is 9.49. The van der Waals surface area contributed by atoms with Crippen LogP contribution in [0.1, 0.15) is 56.9 Å². The quantitative estimate of drug-likeness (QED) is 0.593. The highest BCUT2D eigenvalue weighted by atomic mass is 16.6. The van der Waals surface area contributed by atoms with E-state index in [1.54, 1.807) is 12.1 Å². The molecule has 3 rings (SSSR count). The van der Waals surface area contributed by atoms with E-state index in [0.29, 0.717) is 5.41 Å².